The minimum absolute atomic E-state index is 0.167. The van der Waals surface area contributed by atoms with Crippen LogP contribution < -0.4 is 9.64 Å². The Bertz CT molecular complexity index is 765. The van der Waals surface area contributed by atoms with Crippen molar-refractivity contribution in [2.45, 2.75) is 12.8 Å². The quantitative estimate of drug-likeness (QED) is 0.813. The third-order valence-electron chi connectivity index (χ3n) is 4.59. The summed E-state index contributed by atoms with van der Waals surface area (Å²) in [5.41, 5.74) is 0.296. The second kappa shape index (κ2) is 8.07. The summed E-state index contributed by atoms with van der Waals surface area (Å²) >= 11 is 0. The summed E-state index contributed by atoms with van der Waals surface area (Å²) in [5, 5.41) is 0. The SMILES string of the molecule is COc1nccnc1N(C)CC1CCN(C(=O)c2cncc(F)c2)CC1. The van der Waals surface area contributed by atoms with Crippen LogP contribution in [0.15, 0.2) is 30.9 Å². The molecular formula is C18H22FN5O2. The van der Waals surface area contributed by atoms with Gasteiger partial charge in [-0.15, -0.1) is 0 Å². The van der Waals surface area contributed by atoms with Gasteiger partial charge in [-0.1, -0.05) is 0 Å². The Kier molecular flexibility index (Phi) is 5.60. The van der Waals surface area contributed by atoms with Crippen molar-refractivity contribution < 1.29 is 13.9 Å². The fraction of sp³-hybridized carbons (Fsp3) is 0.444. The van der Waals surface area contributed by atoms with E-state index in [0.717, 1.165) is 25.6 Å². The Hall–Kier alpha value is -2.77. The summed E-state index contributed by atoms with van der Waals surface area (Å²) in [5.74, 6) is 0.978. The minimum atomic E-state index is -0.495. The highest BCUT2D eigenvalue weighted by atomic mass is 19.1. The molecule has 26 heavy (non-hydrogen) atoms. The van der Waals surface area contributed by atoms with Gasteiger partial charge in [0.05, 0.1) is 18.9 Å². The zero-order chi connectivity index (χ0) is 18.5. The second-order valence-corrected chi connectivity index (χ2v) is 6.40. The van der Waals surface area contributed by atoms with E-state index in [1.807, 2.05) is 11.9 Å². The van der Waals surface area contributed by atoms with E-state index in [0.29, 0.717) is 36.3 Å². The van der Waals surface area contributed by atoms with Crippen molar-refractivity contribution >= 4 is 11.7 Å². The molecule has 1 saturated heterocycles. The lowest BCUT2D eigenvalue weighted by Gasteiger charge is -2.34. The predicted octanol–water partition coefficient (Wildman–Crippen LogP) is 2.01. The van der Waals surface area contributed by atoms with Crippen molar-refractivity contribution in [3.63, 3.8) is 0 Å². The zero-order valence-corrected chi connectivity index (χ0v) is 14.9. The number of piperidine rings is 1. The number of hydrogen-bond acceptors (Lipinski definition) is 6. The number of methoxy groups -OCH3 is 1. The lowest BCUT2D eigenvalue weighted by atomic mass is 9.96. The zero-order valence-electron chi connectivity index (χ0n) is 14.9. The van der Waals surface area contributed by atoms with Gasteiger partial charge in [-0.2, -0.15) is 0 Å². The van der Waals surface area contributed by atoms with Gasteiger partial charge in [-0.05, 0) is 24.8 Å². The summed E-state index contributed by atoms with van der Waals surface area (Å²) in [6, 6.07) is 1.23. The number of likely N-dealkylation sites (tertiary alicyclic amines) is 1. The predicted molar refractivity (Wildman–Crippen MR) is 94.7 cm³/mol. The van der Waals surface area contributed by atoms with Crippen molar-refractivity contribution in [1.82, 2.24) is 19.9 Å². The van der Waals surface area contributed by atoms with E-state index < -0.39 is 5.82 Å². The van der Waals surface area contributed by atoms with Crippen LogP contribution in [-0.4, -0.2) is 59.6 Å². The summed E-state index contributed by atoms with van der Waals surface area (Å²) < 4.78 is 18.5. The van der Waals surface area contributed by atoms with Crippen LogP contribution in [0.5, 0.6) is 5.88 Å². The molecule has 1 fully saturated rings. The Morgan fingerprint density at radius 2 is 2.04 bits per heavy atom. The number of aromatic nitrogens is 3. The minimum Gasteiger partial charge on any atom is -0.478 e. The molecule has 0 unspecified atom stereocenters. The van der Waals surface area contributed by atoms with E-state index >= 15 is 0 Å². The molecule has 1 aliphatic heterocycles. The lowest BCUT2D eigenvalue weighted by Crippen LogP contribution is -2.41. The third-order valence-corrected chi connectivity index (χ3v) is 4.59. The van der Waals surface area contributed by atoms with Gasteiger partial charge in [0.25, 0.3) is 11.8 Å². The summed E-state index contributed by atoms with van der Waals surface area (Å²) in [6.07, 6.45) is 7.50. The maximum absolute atomic E-state index is 13.3. The molecule has 138 valence electrons. The maximum atomic E-state index is 13.3. The van der Waals surface area contributed by atoms with Gasteiger partial charge in [0, 0.05) is 45.3 Å². The van der Waals surface area contributed by atoms with Crippen LogP contribution in [0.4, 0.5) is 10.2 Å². The monoisotopic (exact) mass is 359 g/mol. The van der Waals surface area contributed by atoms with Crippen LogP contribution in [0, 0.1) is 11.7 Å². The molecule has 3 rings (SSSR count). The number of amides is 1. The fourth-order valence-corrected chi connectivity index (χ4v) is 3.23. The number of pyridine rings is 1. The highest BCUT2D eigenvalue weighted by Gasteiger charge is 2.25. The number of nitrogens with zero attached hydrogens (tertiary/aromatic N) is 5. The van der Waals surface area contributed by atoms with Crippen LogP contribution in [0.1, 0.15) is 23.2 Å². The standard InChI is InChI=1S/C18H22FN5O2/c1-23(16-17(26-2)22-6-5-21-16)12-13-3-7-24(8-4-13)18(25)14-9-15(19)11-20-10-14/h5-6,9-11,13H,3-4,7-8,12H2,1-2H3. The van der Waals surface area contributed by atoms with Gasteiger partial charge in [-0.3, -0.25) is 9.78 Å². The number of rotatable bonds is 5. The molecule has 0 atom stereocenters. The molecule has 2 aromatic rings. The Morgan fingerprint density at radius 1 is 1.31 bits per heavy atom. The first-order chi connectivity index (χ1) is 12.6. The molecule has 0 bridgehead atoms. The topological polar surface area (TPSA) is 71.5 Å². The first-order valence-electron chi connectivity index (χ1n) is 8.54. The van der Waals surface area contributed by atoms with E-state index in [2.05, 4.69) is 15.0 Å². The van der Waals surface area contributed by atoms with Gasteiger partial charge >= 0.3 is 0 Å². The van der Waals surface area contributed by atoms with Crippen molar-refractivity contribution in [2.75, 3.05) is 38.7 Å². The van der Waals surface area contributed by atoms with Gasteiger partial charge in [0.15, 0.2) is 5.82 Å². The van der Waals surface area contributed by atoms with E-state index in [1.165, 1.54) is 12.3 Å². The number of hydrogen-bond donors (Lipinski definition) is 0. The summed E-state index contributed by atoms with van der Waals surface area (Å²) in [4.78, 5) is 28.5. The van der Waals surface area contributed by atoms with Crippen LogP contribution in [0.25, 0.3) is 0 Å². The molecule has 2 aromatic heterocycles. The van der Waals surface area contributed by atoms with Crippen molar-refractivity contribution in [1.29, 1.82) is 0 Å². The molecule has 0 N–H and O–H groups in total. The van der Waals surface area contributed by atoms with Crippen LogP contribution in [0.3, 0.4) is 0 Å². The number of carbonyl (C=O) groups is 1. The molecule has 3 heterocycles. The molecule has 0 radical (unpaired) electrons. The molecule has 0 spiro atoms. The Morgan fingerprint density at radius 3 is 2.73 bits per heavy atom. The van der Waals surface area contributed by atoms with Crippen molar-refractivity contribution in [2.24, 2.45) is 5.92 Å². The Labute approximate surface area is 151 Å². The Balaban J connectivity index is 1.56. The first kappa shape index (κ1) is 18.0. The number of anilines is 1. The summed E-state index contributed by atoms with van der Waals surface area (Å²) in [7, 11) is 3.54. The third kappa shape index (κ3) is 4.07. The maximum Gasteiger partial charge on any atom is 0.257 e. The van der Waals surface area contributed by atoms with Crippen molar-refractivity contribution in [3.05, 3.63) is 42.2 Å². The van der Waals surface area contributed by atoms with Gasteiger partial charge in [0.2, 0.25) is 0 Å². The van der Waals surface area contributed by atoms with Crippen LogP contribution in [0.2, 0.25) is 0 Å². The molecule has 1 amide bonds. The molecule has 0 aliphatic carbocycles. The molecule has 1 aliphatic rings. The van der Waals surface area contributed by atoms with Gasteiger partial charge in [-0.25, -0.2) is 14.4 Å². The summed E-state index contributed by atoms with van der Waals surface area (Å²) in [6.45, 7) is 2.09. The first-order valence-corrected chi connectivity index (χ1v) is 8.54. The van der Waals surface area contributed by atoms with Crippen LogP contribution in [-0.2, 0) is 0 Å². The number of halogens is 1. The van der Waals surface area contributed by atoms with Crippen LogP contribution >= 0.6 is 0 Å². The average molecular weight is 359 g/mol. The largest absolute Gasteiger partial charge is 0.478 e. The van der Waals surface area contributed by atoms with E-state index in [9.17, 15) is 9.18 Å². The molecule has 8 heteroatoms. The highest BCUT2D eigenvalue weighted by molar-refractivity contribution is 5.93. The van der Waals surface area contributed by atoms with Gasteiger partial charge in [0.1, 0.15) is 5.82 Å². The molecule has 7 nitrogen and oxygen atoms in total. The normalized spacial score (nSPS) is 15.0. The number of ether oxygens (including phenoxy) is 1. The highest BCUT2D eigenvalue weighted by Crippen LogP contribution is 2.25. The second-order valence-electron chi connectivity index (χ2n) is 6.40. The van der Waals surface area contributed by atoms with Gasteiger partial charge < -0.3 is 14.5 Å². The average Bonchev–Trinajstić information content (AvgIpc) is 2.68. The fourth-order valence-electron chi connectivity index (χ4n) is 3.23. The molecule has 0 saturated carbocycles. The van der Waals surface area contributed by atoms with E-state index in [1.54, 1.807) is 24.4 Å². The van der Waals surface area contributed by atoms with Crippen molar-refractivity contribution in [3.8, 4) is 5.88 Å². The number of carbonyl (C=O) groups excluding carboxylic acids is 1. The lowest BCUT2D eigenvalue weighted by molar-refractivity contribution is 0.0692. The van der Waals surface area contributed by atoms with E-state index in [4.69, 9.17) is 4.74 Å². The molecular weight excluding hydrogens is 337 g/mol. The van der Waals surface area contributed by atoms with E-state index in [-0.39, 0.29) is 5.91 Å². The molecule has 0 aromatic carbocycles. The smallest absolute Gasteiger partial charge is 0.257 e.